The first-order valence-electron chi connectivity index (χ1n) is 31.5. The molecule has 0 unspecified atom stereocenters. The van der Waals surface area contributed by atoms with Gasteiger partial charge in [0.15, 0.2) is 0 Å². The molecule has 0 fully saturated rings. The van der Waals surface area contributed by atoms with Crippen LogP contribution >= 0.6 is 0 Å². The van der Waals surface area contributed by atoms with Gasteiger partial charge < -0.3 is 69.3 Å². The lowest BCUT2D eigenvalue weighted by Crippen LogP contribution is -2.48. The number of carbonyl (C=O) groups excluding carboxylic acids is 1. The molecule has 7 N–H and O–H groups in total. The summed E-state index contributed by atoms with van der Waals surface area (Å²) in [4.78, 5) is 54.4. The van der Waals surface area contributed by atoms with Crippen molar-refractivity contribution < 1.29 is 35.4 Å². The minimum atomic E-state index is -0.250. The Bertz CT molecular complexity index is 3750. The van der Waals surface area contributed by atoms with Crippen LogP contribution in [0.15, 0.2) is 176 Å². The maximum atomic E-state index is 11.7. The Labute approximate surface area is 563 Å². The van der Waals surface area contributed by atoms with Gasteiger partial charge in [0.1, 0.15) is 40.3 Å². The average Bonchev–Trinajstić information content (AvgIpc) is 0.823. The molecule has 18 heteroatoms. The monoisotopic (exact) mass is 1300 g/mol. The number of aromatic nitrogens is 3. The third kappa shape index (κ3) is 22.9. The van der Waals surface area contributed by atoms with Gasteiger partial charge >= 0.3 is 0 Å². The Kier molecular flexibility index (Phi) is 27.6. The summed E-state index contributed by atoms with van der Waals surface area (Å²) < 4.78 is 4.97. The molecule has 4 aliphatic heterocycles. The van der Waals surface area contributed by atoms with Gasteiger partial charge in [0, 0.05) is 161 Å². The van der Waals surface area contributed by atoms with Crippen LogP contribution < -0.4 is 22.0 Å². The van der Waals surface area contributed by atoms with E-state index in [1.807, 2.05) is 136 Å². The lowest BCUT2D eigenvalue weighted by atomic mass is 9.98. The number of carbonyl (C=O) groups is 1. The second-order valence-electron chi connectivity index (χ2n) is 31.1. The maximum absolute atomic E-state index is 11.7. The van der Waals surface area contributed by atoms with E-state index in [1.54, 1.807) is 57.2 Å². The standard InChI is InChI=1S/C12H19NO.C11H18N2O.C11H17NO2.2C11H17NO.2C10H15NO2/c1-8-7-11(14)9(2)10(3)13(8)12(4,5)6;1-7-8(2)13(11(4,5)6)9(3)12-10(7)14;1-7-8(2)12(11(3,4)5)10(14)6-9(7)13;1-8-7-12(11(3,4)5)9(2)6-10(8)13;1-8-6-10(13)7-9(2)12(8)11(3,4)5;1-7-6-11(10(2,3)4)9(13)5-8(7)12;1-7-5-8(12)6-9(13)11(7)10(2,3)4/h7,14H,1H2,2-6H3;3H2,1-2,4-6H3,(H,12,14);6,13H,1-5H3;6-7,13H,2H2,1,3-5H3;6-7,13H,1H2,2-5H3;2*5-6,12H,1-4H3. The number of nitrogens with zero attached hydrogens (tertiary/aromatic N) is 7. The number of hydrogen-bond donors (Lipinski definition) is 7. The summed E-state index contributed by atoms with van der Waals surface area (Å²) in [6.45, 7) is 77.4. The van der Waals surface area contributed by atoms with Crippen LogP contribution in [0.4, 0.5) is 0 Å². The molecular formula is C76H118N8O10. The third-order valence-electron chi connectivity index (χ3n) is 15.2. The van der Waals surface area contributed by atoms with E-state index in [1.165, 1.54) is 18.2 Å². The van der Waals surface area contributed by atoms with Gasteiger partial charge in [-0.3, -0.25) is 19.2 Å². The van der Waals surface area contributed by atoms with Crippen LogP contribution in [0.25, 0.3) is 0 Å². The first kappa shape index (κ1) is 83.5. The maximum Gasteiger partial charge on any atom is 0.254 e. The van der Waals surface area contributed by atoms with Crippen LogP contribution in [0.1, 0.15) is 209 Å². The summed E-state index contributed by atoms with van der Waals surface area (Å²) >= 11 is 0. The smallest absolute Gasteiger partial charge is 0.254 e. The predicted molar refractivity (Wildman–Crippen MR) is 389 cm³/mol. The third-order valence-corrected chi connectivity index (χ3v) is 15.2. The number of aliphatic hydroxyl groups excluding tert-OH is 3. The van der Waals surface area contributed by atoms with Crippen LogP contribution in [-0.4, -0.2) is 92.0 Å². The summed E-state index contributed by atoms with van der Waals surface area (Å²) in [7, 11) is 0. The van der Waals surface area contributed by atoms with E-state index in [4.69, 9.17) is 0 Å². The van der Waals surface area contributed by atoms with Crippen molar-refractivity contribution >= 4 is 5.91 Å². The SMILES string of the molecule is C=C1C=C(O)C(C)=C(C)N1C(C)(C)C.C=C1C=C(O)C(C)=CN1C(C)(C)C.C=C1C=C(O)C=C(C)N1C(C)(C)C.C=C1NC(=O)C(C)=C(C)N1C(C)(C)C.Cc1c(O)cc(=O)n(C(C)(C)C)c1C.Cc1cc(O)cc(=O)n1C(C)(C)C.Cc1cn(C(C)(C)C)c(=O)cc1O. The molecule has 7 rings (SSSR count). The summed E-state index contributed by atoms with van der Waals surface area (Å²) in [6, 6.07) is 5.35. The van der Waals surface area contributed by atoms with Gasteiger partial charge in [0.25, 0.3) is 22.6 Å². The molecule has 1 amide bonds. The number of aliphatic hydroxyl groups is 3. The van der Waals surface area contributed by atoms with Crippen LogP contribution in [0.2, 0.25) is 0 Å². The zero-order chi connectivity index (χ0) is 74.2. The molecule has 0 saturated carbocycles. The molecule has 18 nitrogen and oxygen atoms in total. The molecule has 3 aromatic rings. The lowest BCUT2D eigenvalue weighted by molar-refractivity contribution is -0.118. The highest BCUT2D eigenvalue weighted by Gasteiger charge is 2.32. The molecule has 4 aliphatic rings. The molecule has 0 aromatic carbocycles. The van der Waals surface area contributed by atoms with E-state index >= 15 is 0 Å². The first-order chi connectivity index (χ1) is 42.0. The second-order valence-corrected chi connectivity index (χ2v) is 31.1. The van der Waals surface area contributed by atoms with Gasteiger partial charge in [0.2, 0.25) is 0 Å². The average molecular weight is 1300 g/mol. The van der Waals surface area contributed by atoms with E-state index in [2.05, 4.69) is 129 Å². The van der Waals surface area contributed by atoms with Crippen molar-refractivity contribution in [3.63, 3.8) is 0 Å². The Balaban J connectivity index is 0.000000548. The molecule has 522 valence electrons. The lowest BCUT2D eigenvalue weighted by Gasteiger charge is -2.42. The van der Waals surface area contributed by atoms with Gasteiger partial charge in [-0.05, 0) is 227 Å². The molecule has 0 radical (unpaired) electrons. The Morgan fingerprint density at radius 2 is 0.862 bits per heavy atom. The minimum absolute atomic E-state index is 0.000370. The predicted octanol–water partition coefficient (Wildman–Crippen LogP) is 16.4. The topological polar surface area (TPSA) is 229 Å². The highest BCUT2D eigenvalue weighted by Crippen LogP contribution is 2.34. The number of rotatable bonds is 0. The Hall–Kier alpha value is -8.54. The number of nitrogens with one attached hydrogen (secondary N) is 1. The van der Waals surface area contributed by atoms with Gasteiger partial charge in [-0.2, -0.15) is 0 Å². The fourth-order valence-electron chi connectivity index (χ4n) is 10.9. The second kappa shape index (κ2) is 31.1. The largest absolute Gasteiger partial charge is 0.508 e. The van der Waals surface area contributed by atoms with Crippen molar-refractivity contribution in [2.24, 2.45) is 0 Å². The highest BCUT2D eigenvalue weighted by atomic mass is 16.3. The van der Waals surface area contributed by atoms with Crippen molar-refractivity contribution in [2.45, 2.75) is 253 Å². The molecule has 7 heterocycles. The van der Waals surface area contributed by atoms with Crippen LogP contribution in [0.5, 0.6) is 17.2 Å². The zero-order valence-electron chi connectivity index (χ0n) is 63.0. The van der Waals surface area contributed by atoms with Gasteiger partial charge in [-0.1, -0.05) is 26.3 Å². The van der Waals surface area contributed by atoms with E-state index in [-0.39, 0.29) is 84.4 Å². The highest BCUT2D eigenvalue weighted by molar-refractivity contribution is 5.95. The van der Waals surface area contributed by atoms with Gasteiger partial charge in [-0.25, -0.2) is 0 Å². The molecule has 94 heavy (non-hydrogen) atoms. The zero-order valence-corrected chi connectivity index (χ0v) is 63.0. The molecule has 0 aliphatic carbocycles. The summed E-state index contributed by atoms with van der Waals surface area (Å²) in [5, 5.41) is 59.0. The number of hydrogen-bond acceptors (Lipinski definition) is 14. The first-order valence-corrected chi connectivity index (χ1v) is 31.5. The van der Waals surface area contributed by atoms with Crippen molar-refractivity contribution in [3.05, 3.63) is 215 Å². The van der Waals surface area contributed by atoms with Crippen LogP contribution in [0.3, 0.4) is 0 Å². The number of pyridine rings is 3. The Morgan fingerprint density at radius 1 is 0.426 bits per heavy atom. The molecule has 0 bridgehead atoms. The number of aryl methyl sites for hydroxylation is 2. The molecule has 0 atom stereocenters. The van der Waals surface area contributed by atoms with E-state index in [0.717, 1.165) is 73.4 Å². The van der Waals surface area contributed by atoms with E-state index in [9.17, 15) is 49.8 Å². The molecule has 3 aromatic heterocycles. The number of amides is 1. The summed E-state index contributed by atoms with van der Waals surface area (Å²) in [6.07, 6.45) is 10.4. The summed E-state index contributed by atoms with van der Waals surface area (Å²) in [5.41, 5.74) is 9.96. The van der Waals surface area contributed by atoms with Gasteiger partial charge in [-0.15, -0.1) is 0 Å². The van der Waals surface area contributed by atoms with Crippen molar-refractivity contribution in [1.82, 2.24) is 38.6 Å². The van der Waals surface area contributed by atoms with Gasteiger partial charge in [0.05, 0.1) is 0 Å². The number of allylic oxidation sites excluding steroid dienone is 9. The quantitative estimate of drug-likeness (QED) is 0.111. The Morgan fingerprint density at radius 3 is 1.29 bits per heavy atom. The van der Waals surface area contributed by atoms with Crippen LogP contribution in [0, 0.1) is 27.7 Å². The molecule has 0 saturated heterocycles. The van der Waals surface area contributed by atoms with Crippen molar-refractivity contribution in [1.29, 1.82) is 0 Å². The normalized spacial score (nSPS) is 15.7. The van der Waals surface area contributed by atoms with Crippen molar-refractivity contribution in [2.75, 3.05) is 0 Å². The fraction of sp³-hybridized carbons (Fsp3) is 0.500. The van der Waals surface area contributed by atoms with Crippen LogP contribution in [-0.2, 0) is 21.4 Å². The minimum Gasteiger partial charge on any atom is -0.508 e. The summed E-state index contributed by atoms with van der Waals surface area (Å²) in [5.74, 6) is 1.70. The molecular weight excluding hydrogens is 1180 g/mol. The van der Waals surface area contributed by atoms with E-state index in [0.29, 0.717) is 17.3 Å². The number of aromatic hydroxyl groups is 3. The van der Waals surface area contributed by atoms with Crippen molar-refractivity contribution in [3.8, 4) is 17.2 Å². The fourth-order valence-corrected chi connectivity index (χ4v) is 10.9. The molecule has 0 spiro atoms. The van der Waals surface area contributed by atoms with E-state index < -0.39 is 0 Å².